The van der Waals surface area contributed by atoms with Gasteiger partial charge >= 0.3 is 0 Å². The van der Waals surface area contributed by atoms with E-state index >= 15 is 0 Å². The average molecular weight is 294 g/mol. The van der Waals surface area contributed by atoms with Gasteiger partial charge in [-0.3, -0.25) is 4.99 Å². The lowest BCUT2D eigenvalue weighted by Gasteiger charge is -2.26. The van der Waals surface area contributed by atoms with Gasteiger partial charge in [-0.1, -0.05) is 12.8 Å². The van der Waals surface area contributed by atoms with E-state index in [0.717, 1.165) is 19.0 Å². The number of likely N-dealkylation sites (tertiary alicyclic amines) is 2. The van der Waals surface area contributed by atoms with Crippen LogP contribution in [0, 0.1) is 0 Å². The summed E-state index contributed by atoms with van der Waals surface area (Å²) >= 11 is 0. The van der Waals surface area contributed by atoms with Crippen molar-refractivity contribution in [3.8, 4) is 0 Å². The van der Waals surface area contributed by atoms with Crippen molar-refractivity contribution in [1.29, 1.82) is 0 Å². The third-order valence-electron chi connectivity index (χ3n) is 4.58. The lowest BCUT2D eigenvalue weighted by Crippen LogP contribution is -2.39. The van der Waals surface area contributed by atoms with E-state index < -0.39 is 0 Å². The Labute approximate surface area is 131 Å². The molecule has 0 bridgehead atoms. The van der Waals surface area contributed by atoms with Crippen molar-refractivity contribution in [3.05, 3.63) is 0 Å². The molecule has 0 atom stereocenters. The summed E-state index contributed by atoms with van der Waals surface area (Å²) in [6.45, 7) is 10.4. The molecule has 21 heavy (non-hydrogen) atoms. The van der Waals surface area contributed by atoms with Gasteiger partial charge in [-0.15, -0.1) is 0 Å². The van der Waals surface area contributed by atoms with Crippen molar-refractivity contribution in [2.75, 3.05) is 45.8 Å². The zero-order chi connectivity index (χ0) is 14.8. The predicted molar refractivity (Wildman–Crippen MR) is 90.9 cm³/mol. The quantitative estimate of drug-likeness (QED) is 0.445. The van der Waals surface area contributed by atoms with Gasteiger partial charge < -0.3 is 15.1 Å². The second-order valence-electron chi connectivity index (χ2n) is 6.39. The van der Waals surface area contributed by atoms with Crippen LogP contribution in [-0.4, -0.2) is 61.6 Å². The molecule has 122 valence electrons. The fourth-order valence-electron chi connectivity index (χ4n) is 3.35. The lowest BCUT2D eigenvalue weighted by molar-refractivity contribution is 0.224. The molecule has 0 aromatic carbocycles. The third kappa shape index (κ3) is 6.25. The maximum Gasteiger partial charge on any atom is 0.193 e. The maximum atomic E-state index is 4.80. The van der Waals surface area contributed by atoms with Gasteiger partial charge in [0.25, 0.3) is 0 Å². The summed E-state index contributed by atoms with van der Waals surface area (Å²) in [4.78, 5) is 9.85. The predicted octanol–water partition coefficient (Wildman–Crippen LogP) is 2.70. The van der Waals surface area contributed by atoms with E-state index in [9.17, 15) is 0 Å². The number of unbranched alkanes of at least 4 members (excludes halogenated alkanes) is 2. The number of nitrogens with zero attached hydrogens (tertiary/aromatic N) is 3. The number of piperidine rings is 1. The Balaban J connectivity index is 1.56. The van der Waals surface area contributed by atoms with E-state index in [1.807, 2.05) is 0 Å². The molecule has 0 spiro atoms. The molecular weight excluding hydrogens is 260 g/mol. The van der Waals surface area contributed by atoms with E-state index in [1.165, 1.54) is 84.1 Å². The number of rotatable bonds is 7. The van der Waals surface area contributed by atoms with E-state index in [2.05, 4.69) is 22.0 Å². The van der Waals surface area contributed by atoms with Gasteiger partial charge in [-0.2, -0.15) is 0 Å². The van der Waals surface area contributed by atoms with Crippen LogP contribution in [0.3, 0.4) is 0 Å². The number of aliphatic imine (C=N–C) groups is 1. The van der Waals surface area contributed by atoms with Crippen molar-refractivity contribution in [1.82, 2.24) is 15.1 Å². The number of hydrogen-bond acceptors (Lipinski definition) is 2. The summed E-state index contributed by atoms with van der Waals surface area (Å²) in [6, 6.07) is 0. The van der Waals surface area contributed by atoms with Crippen LogP contribution >= 0.6 is 0 Å². The Morgan fingerprint density at radius 3 is 2.33 bits per heavy atom. The first-order valence-electron chi connectivity index (χ1n) is 9.16. The van der Waals surface area contributed by atoms with Gasteiger partial charge in [0.1, 0.15) is 0 Å². The van der Waals surface area contributed by atoms with Crippen LogP contribution in [0.4, 0.5) is 0 Å². The molecule has 2 fully saturated rings. The monoisotopic (exact) mass is 294 g/mol. The molecule has 4 nitrogen and oxygen atoms in total. The maximum absolute atomic E-state index is 4.80. The van der Waals surface area contributed by atoms with Gasteiger partial charge in [0.2, 0.25) is 0 Å². The van der Waals surface area contributed by atoms with Crippen LogP contribution in [0.1, 0.15) is 58.3 Å². The third-order valence-corrected chi connectivity index (χ3v) is 4.58. The van der Waals surface area contributed by atoms with Crippen LogP contribution in [0.15, 0.2) is 4.99 Å². The normalized spacial score (nSPS) is 21.0. The second-order valence-corrected chi connectivity index (χ2v) is 6.39. The van der Waals surface area contributed by atoms with Crippen molar-refractivity contribution in [2.24, 2.45) is 4.99 Å². The molecule has 2 heterocycles. The lowest BCUT2D eigenvalue weighted by atomic mass is 10.1. The highest BCUT2D eigenvalue weighted by Gasteiger charge is 2.15. The summed E-state index contributed by atoms with van der Waals surface area (Å²) in [7, 11) is 0. The molecule has 0 amide bonds. The highest BCUT2D eigenvalue weighted by molar-refractivity contribution is 5.80. The topological polar surface area (TPSA) is 30.9 Å². The van der Waals surface area contributed by atoms with Gasteiger partial charge in [0, 0.05) is 26.2 Å². The van der Waals surface area contributed by atoms with Crippen LogP contribution in [0.5, 0.6) is 0 Å². The number of hydrogen-bond donors (Lipinski definition) is 1. The second kappa shape index (κ2) is 10.0. The van der Waals surface area contributed by atoms with Gasteiger partial charge in [0.15, 0.2) is 5.96 Å². The smallest absolute Gasteiger partial charge is 0.193 e. The molecule has 0 unspecified atom stereocenters. The van der Waals surface area contributed by atoms with Crippen LogP contribution in [0.25, 0.3) is 0 Å². The van der Waals surface area contributed by atoms with Gasteiger partial charge in [-0.05, 0) is 65.1 Å². The molecule has 0 radical (unpaired) electrons. The zero-order valence-corrected chi connectivity index (χ0v) is 13.9. The number of guanidine groups is 1. The molecule has 0 aromatic heterocycles. The minimum Gasteiger partial charge on any atom is -0.357 e. The SMILES string of the molecule is CCNC(=NCCCCCN1CCCCC1)N1CCCC1. The van der Waals surface area contributed by atoms with Crippen molar-refractivity contribution < 1.29 is 0 Å². The van der Waals surface area contributed by atoms with Crippen LogP contribution < -0.4 is 5.32 Å². The molecule has 2 saturated heterocycles. The zero-order valence-electron chi connectivity index (χ0n) is 13.9. The summed E-state index contributed by atoms with van der Waals surface area (Å²) in [5.74, 6) is 1.14. The van der Waals surface area contributed by atoms with E-state index in [4.69, 9.17) is 4.99 Å². The molecule has 0 aromatic rings. The molecule has 2 rings (SSSR count). The molecule has 0 saturated carbocycles. The van der Waals surface area contributed by atoms with Gasteiger partial charge in [0.05, 0.1) is 0 Å². The standard InChI is InChI=1S/C17H34N4/c1-2-18-17(21-15-9-10-16-21)19-11-5-3-6-12-20-13-7-4-8-14-20/h2-16H2,1H3,(H,18,19). The first-order chi connectivity index (χ1) is 10.4. The van der Waals surface area contributed by atoms with E-state index in [1.54, 1.807) is 0 Å². The highest BCUT2D eigenvalue weighted by atomic mass is 15.3. The Hall–Kier alpha value is -0.770. The summed E-state index contributed by atoms with van der Waals surface area (Å²) in [5.41, 5.74) is 0. The molecule has 1 N–H and O–H groups in total. The minimum atomic E-state index is 0.976. The van der Waals surface area contributed by atoms with Gasteiger partial charge in [-0.25, -0.2) is 0 Å². The molecular formula is C17H34N4. The van der Waals surface area contributed by atoms with Crippen LogP contribution in [-0.2, 0) is 0 Å². The molecule has 0 aliphatic carbocycles. The van der Waals surface area contributed by atoms with Crippen molar-refractivity contribution in [3.63, 3.8) is 0 Å². The Morgan fingerprint density at radius 2 is 1.62 bits per heavy atom. The van der Waals surface area contributed by atoms with E-state index in [0.29, 0.717) is 0 Å². The highest BCUT2D eigenvalue weighted by Crippen LogP contribution is 2.10. The summed E-state index contributed by atoms with van der Waals surface area (Å²) in [5, 5.41) is 3.43. The van der Waals surface area contributed by atoms with Crippen molar-refractivity contribution >= 4 is 5.96 Å². The Bertz CT molecular complexity index is 291. The average Bonchev–Trinajstić information content (AvgIpc) is 3.05. The van der Waals surface area contributed by atoms with E-state index in [-0.39, 0.29) is 0 Å². The first kappa shape index (κ1) is 16.6. The molecule has 2 aliphatic heterocycles. The fraction of sp³-hybridized carbons (Fsp3) is 0.941. The van der Waals surface area contributed by atoms with Crippen LogP contribution in [0.2, 0.25) is 0 Å². The number of nitrogens with one attached hydrogen (secondary N) is 1. The Morgan fingerprint density at radius 1 is 0.905 bits per heavy atom. The summed E-state index contributed by atoms with van der Waals surface area (Å²) in [6.07, 6.45) is 10.8. The molecule has 2 aliphatic rings. The first-order valence-corrected chi connectivity index (χ1v) is 9.16. The largest absolute Gasteiger partial charge is 0.357 e. The minimum absolute atomic E-state index is 0.976. The summed E-state index contributed by atoms with van der Waals surface area (Å²) < 4.78 is 0. The van der Waals surface area contributed by atoms with Crippen molar-refractivity contribution in [2.45, 2.75) is 58.3 Å². The Kier molecular flexibility index (Phi) is 7.94. The molecule has 4 heteroatoms. The fourth-order valence-corrected chi connectivity index (χ4v) is 3.35.